The van der Waals surface area contributed by atoms with Gasteiger partial charge in [0.2, 0.25) is 11.8 Å². The maximum atomic E-state index is 14.6. The number of methoxy groups -OCH3 is 1. The van der Waals surface area contributed by atoms with Crippen LogP contribution in [-0.4, -0.2) is 89.6 Å². The normalized spacial score (nSPS) is 26.0. The minimum Gasteiger partial charge on any atom is -0.497 e. The third-order valence-electron chi connectivity index (χ3n) is 9.30. The molecule has 1 spiro atoms. The zero-order valence-electron chi connectivity index (χ0n) is 27.0. The van der Waals surface area contributed by atoms with Crippen molar-refractivity contribution in [3.05, 3.63) is 85.5 Å². The van der Waals surface area contributed by atoms with Gasteiger partial charge in [0.1, 0.15) is 23.5 Å². The average molecular weight is 725 g/mol. The highest BCUT2D eigenvalue weighted by Gasteiger charge is 2.77. The van der Waals surface area contributed by atoms with Crippen LogP contribution in [0.5, 0.6) is 5.75 Å². The number of esters is 1. The first-order chi connectivity index (χ1) is 23.2. The Hall–Kier alpha value is -4.00. The van der Waals surface area contributed by atoms with Gasteiger partial charge in [0.05, 0.1) is 31.6 Å². The van der Waals surface area contributed by atoms with Crippen LogP contribution in [0.4, 0.5) is 5.69 Å². The molecule has 48 heavy (non-hydrogen) atoms. The summed E-state index contributed by atoms with van der Waals surface area (Å²) in [5, 5.41) is 12.6. The second-order valence-electron chi connectivity index (χ2n) is 12.2. The van der Waals surface area contributed by atoms with E-state index in [1.54, 1.807) is 60.6 Å². The molecule has 0 aliphatic carbocycles. The number of hydrogen-bond donors (Lipinski definition) is 2. The van der Waals surface area contributed by atoms with Gasteiger partial charge in [0, 0.05) is 36.6 Å². The lowest BCUT2D eigenvalue weighted by Gasteiger charge is -2.37. The third-order valence-corrected chi connectivity index (χ3v) is 10.1. The van der Waals surface area contributed by atoms with Crippen LogP contribution in [0.3, 0.4) is 0 Å². The molecule has 0 radical (unpaired) electrons. The number of rotatable bonds is 16. The number of benzene rings is 2. The summed E-state index contributed by atoms with van der Waals surface area (Å²) in [6, 6.07) is 15.0. The van der Waals surface area contributed by atoms with Crippen LogP contribution in [0.1, 0.15) is 37.4 Å². The van der Waals surface area contributed by atoms with Crippen LogP contribution >= 0.6 is 15.9 Å². The average Bonchev–Trinajstić information content (AvgIpc) is 3.70. The van der Waals surface area contributed by atoms with Gasteiger partial charge >= 0.3 is 5.97 Å². The van der Waals surface area contributed by atoms with Gasteiger partial charge in [-0.05, 0) is 49.1 Å². The molecule has 2 aromatic rings. The molecule has 0 aromatic heterocycles. The minimum absolute atomic E-state index is 0.0353. The number of nitrogens with zero attached hydrogens (tertiary/aromatic N) is 2. The summed E-state index contributed by atoms with van der Waals surface area (Å²) in [5.41, 5.74) is -0.0621. The molecule has 2 bridgehead atoms. The summed E-state index contributed by atoms with van der Waals surface area (Å²) in [6.45, 7) is 7.60. The van der Waals surface area contributed by atoms with Crippen LogP contribution < -0.4 is 15.0 Å². The summed E-state index contributed by atoms with van der Waals surface area (Å²) in [6.07, 6.45) is 3.02. The molecule has 3 fully saturated rings. The van der Waals surface area contributed by atoms with Crippen molar-refractivity contribution in [2.24, 2.45) is 11.8 Å². The van der Waals surface area contributed by atoms with Gasteiger partial charge in [-0.3, -0.25) is 19.2 Å². The minimum atomic E-state index is -1.32. The number of carbonyl (C=O) groups is 4. The molecule has 256 valence electrons. The van der Waals surface area contributed by atoms with Crippen LogP contribution in [-0.2, 0) is 28.7 Å². The first-order valence-corrected chi connectivity index (χ1v) is 17.0. The zero-order chi connectivity index (χ0) is 34.4. The van der Waals surface area contributed by atoms with Crippen LogP contribution in [0.25, 0.3) is 0 Å². The monoisotopic (exact) mass is 723 g/mol. The quantitative estimate of drug-likeness (QED) is 0.152. The topological polar surface area (TPSA) is 135 Å². The van der Waals surface area contributed by atoms with Crippen LogP contribution in [0.15, 0.2) is 79.9 Å². The molecule has 5 rings (SSSR count). The second kappa shape index (κ2) is 15.5. The van der Waals surface area contributed by atoms with E-state index >= 15 is 0 Å². The van der Waals surface area contributed by atoms with Gasteiger partial charge in [-0.25, -0.2) is 0 Å². The van der Waals surface area contributed by atoms with Crippen molar-refractivity contribution < 1.29 is 38.5 Å². The van der Waals surface area contributed by atoms with Crippen molar-refractivity contribution in [1.29, 1.82) is 0 Å². The number of halogens is 1. The summed E-state index contributed by atoms with van der Waals surface area (Å²) >= 11 is 3.70. The van der Waals surface area contributed by atoms with E-state index < -0.39 is 47.6 Å². The molecule has 3 aliphatic rings. The summed E-state index contributed by atoms with van der Waals surface area (Å²) in [4.78, 5) is 58.3. The van der Waals surface area contributed by atoms with Gasteiger partial charge in [-0.15, -0.1) is 13.2 Å². The highest BCUT2D eigenvalue weighted by atomic mass is 79.9. The molecule has 3 amide bonds. The number of aliphatic hydroxyl groups is 1. The first kappa shape index (κ1) is 35.3. The largest absolute Gasteiger partial charge is 0.497 e. The molecule has 2 aromatic carbocycles. The van der Waals surface area contributed by atoms with E-state index in [4.69, 9.17) is 14.2 Å². The van der Waals surface area contributed by atoms with Gasteiger partial charge < -0.3 is 34.4 Å². The van der Waals surface area contributed by atoms with Gasteiger partial charge in [0.15, 0.2) is 0 Å². The van der Waals surface area contributed by atoms with E-state index in [1.807, 2.05) is 18.2 Å². The second-order valence-corrected chi connectivity index (χ2v) is 13.4. The Balaban J connectivity index is 1.47. The fourth-order valence-corrected chi connectivity index (χ4v) is 8.11. The molecule has 0 saturated carbocycles. The Bertz CT molecular complexity index is 1500. The molecule has 1 unspecified atom stereocenters. The number of ether oxygens (including phenoxy) is 3. The molecule has 7 atom stereocenters. The molecule has 3 heterocycles. The van der Waals surface area contributed by atoms with E-state index in [1.165, 1.54) is 4.90 Å². The van der Waals surface area contributed by atoms with E-state index in [9.17, 15) is 24.3 Å². The molecule has 11 nitrogen and oxygen atoms in total. The predicted molar refractivity (Wildman–Crippen MR) is 182 cm³/mol. The van der Waals surface area contributed by atoms with E-state index in [0.717, 1.165) is 0 Å². The van der Waals surface area contributed by atoms with Gasteiger partial charge in [0.25, 0.3) is 5.91 Å². The highest BCUT2D eigenvalue weighted by Crippen LogP contribution is 2.60. The number of allylic oxidation sites excluding steroid dienone is 1. The van der Waals surface area contributed by atoms with Crippen molar-refractivity contribution in [3.63, 3.8) is 0 Å². The van der Waals surface area contributed by atoms with Crippen molar-refractivity contribution in [2.75, 3.05) is 38.3 Å². The molecule has 3 saturated heterocycles. The number of hydrogen-bond acceptors (Lipinski definition) is 8. The molecule has 2 N–H and O–H groups in total. The number of anilines is 1. The number of amides is 3. The lowest BCUT2D eigenvalue weighted by Crippen LogP contribution is -2.57. The van der Waals surface area contributed by atoms with E-state index in [-0.39, 0.29) is 55.7 Å². The molecular formula is C36H42BrN3O8. The number of aliphatic hydroxyl groups excluding tert-OH is 1. The van der Waals surface area contributed by atoms with Crippen LogP contribution in [0.2, 0.25) is 0 Å². The summed E-state index contributed by atoms with van der Waals surface area (Å²) in [5.74, 6) is -3.01. The molecule has 12 heteroatoms. The lowest BCUT2D eigenvalue weighted by atomic mass is 9.70. The lowest BCUT2D eigenvalue weighted by molar-refractivity contribution is -0.160. The van der Waals surface area contributed by atoms with E-state index in [2.05, 4.69) is 34.4 Å². The Labute approximate surface area is 289 Å². The maximum Gasteiger partial charge on any atom is 0.313 e. The predicted octanol–water partition coefficient (Wildman–Crippen LogP) is 3.71. The maximum absolute atomic E-state index is 14.6. The SMILES string of the molecule is C=CCCC(=O)NC[C@H](OC(=O)[C@@H]1[C@H]2O[C@@]3(CC2Br)[C@H](C(=O)N(CC=C)c2ccc(OC)cc2)N(CCCO)C(=O)[C@@H]13)c1ccccc1. The van der Waals surface area contributed by atoms with E-state index in [0.29, 0.717) is 29.8 Å². The van der Waals surface area contributed by atoms with Crippen molar-refractivity contribution in [2.45, 2.75) is 54.4 Å². The molecular weight excluding hydrogens is 682 g/mol. The number of likely N-dealkylation sites (tertiary alicyclic amines) is 1. The van der Waals surface area contributed by atoms with Crippen molar-refractivity contribution in [3.8, 4) is 5.75 Å². The Kier molecular flexibility index (Phi) is 11.4. The van der Waals surface area contributed by atoms with Crippen molar-refractivity contribution in [1.82, 2.24) is 10.2 Å². The number of nitrogens with one attached hydrogen (secondary N) is 1. The highest BCUT2D eigenvalue weighted by molar-refractivity contribution is 9.09. The third kappa shape index (κ3) is 6.79. The summed E-state index contributed by atoms with van der Waals surface area (Å²) < 4.78 is 18.0. The number of fused-ring (bicyclic) bond motifs is 1. The van der Waals surface area contributed by atoms with Gasteiger partial charge in [-0.2, -0.15) is 0 Å². The zero-order valence-corrected chi connectivity index (χ0v) is 28.5. The standard InChI is InChI=1S/C36H42BrN3O8/c1-4-6-13-28(42)38-22-27(23-11-8-7-9-12-23)47-35(45)29-30-33(43)40(19-10-20-41)32(36(30)21-26(37)31(29)48-36)34(44)39(18-5-2)24-14-16-25(46-3)17-15-24/h4-5,7-9,11-12,14-17,26-27,29-32,41H,1-2,6,10,13,18-22H2,3H3,(H,38,42)/t26?,27-,29-,30+,31-,32-,36+/m0/s1. The first-order valence-electron chi connectivity index (χ1n) is 16.1. The smallest absolute Gasteiger partial charge is 0.313 e. The van der Waals surface area contributed by atoms with Crippen molar-refractivity contribution >= 4 is 45.3 Å². The Morgan fingerprint density at radius 1 is 1.17 bits per heavy atom. The Morgan fingerprint density at radius 3 is 2.54 bits per heavy atom. The Morgan fingerprint density at radius 2 is 1.90 bits per heavy atom. The number of carbonyl (C=O) groups excluding carboxylic acids is 4. The van der Waals surface area contributed by atoms with Crippen LogP contribution in [0, 0.1) is 11.8 Å². The van der Waals surface area contributed by atoms with Gasteiger partial charge in [-0.1, -0.05) is 58.4 Å². The summed E-state index contributed by atoms with van der Waals surface area (Å²) in [7, 11) is 1.55. The fraction of sp³-hybridized carbons (Fsp3) is 0.444. The fourth-order valence-electron chi connectivity index (χ4n) is 7.16. The number of alkyl halides is 1. The molecule has 3 aliphatic heterocycles.